The first-order chi connectivity index (χ1) is 20.3. The SMILES string of the molecule is CCCC(C)(OCC1CCC(COC(=O)C(C)(CC)OCC2CCC(COC(=O)CC(C)S)CC2)CC1)C(=O)CC(C)S. The maximum atomic E-state index is 13.1. The number of hydrogen-bond donors (Lipinski definition) is 2. The first-order valence-corrected chi connectivity index (χ1v) is 17.8. The standard InChI is InChI=1S/C34H60O7S2/c1-7-17-34(6,30(35)18-24(3)42)41-23-29-15-11-27(12-16-29)21-39-32(37)33(5,8-2)40-22-28-13-9-26(10-14-28)20-38-31(36)19-25(4)43/h24-29,42-43H,7-23H2,1-6H3. The van der Waals surface area contributed by atoms with Crippen LogP contribution in [0.3, 0.4) is 0 Å². The van der Waals surface area contributed by atoms with E-state index in [1.165, 1.54) is 0 Å². The van der Waals surface area contributed by atoms with Gasteiger partial charge in [0.05, 0.1) is 32.8 Å². The molecule has 0 heterocycles. The van der Waals surface area contributed by atoms with Gasteiger partial charge in [-0.2, -0.15) is 25.3 Å². The van der Waals surface area contributed by atoms with Crippen LogP contribution in [0, 0.1) is 23.7 Å². The van der Waals surface area contributed by atoms with Crippen LogP contribution >= 0.6 is 25.3 Å². The zero-order chi connectivity index (χ0) is 32.0. The molecule has 9 heteroatoms. The molecule has 2 aliphatic rings. The molecular formula is C34H60O7S2. The van der Waals surface area contributed by atoms with Gasteiger partial charge in [-0.25, -0.2) is 4.79 Å². The Morgan fingerprint density at radius 1 is 0.674 bits per heavy atom. The van der Waals surface area contributed by atoms with Crippen LogP contribution in [0.2, 0.25) is 0 Å². The van der Waals surface area contributed by atoms with E-state index in [2.05, 4.69) is 32.2 Å². The summed E-state index contributed by atoms with van der Waals surface area (Å²) < 4.78 is 23.7. The third kappa shape index (κ3) is 13.6. The smallest absolute Gasteiger partial charge is 0.338 e. The average molecular weight is 645 g/mol. The van der Waals surface area contributed by atoms with Gasteiger partial charge in [-0.05, 0) is 102 Å². The van der Waals surface area contributed by atoms with Crippen LogP contribution in [0.15, 0.2) is 0 Å². The maximum Gasteiger partial charge on any atom is 0.338 e. The lowest BCUT2D eigenvalue weighted by Crippen LogP contribution is -2.42. The molecule has 0 bridgehead atoms. The summed E-state index contributed by atoms with van der Waals surface area (Å²) in [7, 11) is 0. The molecule has 0 aliphatic heterocycles. The van der Waals surface area contributed by atoms with Gasteiger partial charge in [-0.3, -0.25) is 9.59 Å². The summed E-state index contributed by atoms with van der Waals surface area (Å²) >= 11 is 8.65. The van der Waals surface area contributed by atoms with E-state index in [1.54, 1.807) is 0 Å². The van der Waals surface area contributed by atoms with Crippen LogP contribution in [0.1, 0.15) is 125 Å². The Bertz CT molecular complexity index is 850. The van der Waals surface area contributed by atoms with E-state index in [9.17, 15) is 14.4 Å². The predicted octanol–water partition coefficient (Wildman–Crippen LogP) is 7.43. The number of thiol groups is 2. The molecule has 0 N–H and O–H groups in total. The Kier molecular flexibility index (Phi) is 17.0. The highest BCUT2D eigenvalue weighted by Gasteiger charge is 2.37. The van der Waals surface area contributed by atoms with E-state index in [0.29, 0.717) is 69.4 Å². The maximum absolute atomic E-state index is 13.1. The number of carbonyl (C=O) groups excluding carboxylic acids is 3. The average Bonchev–Trinajstić information content (AvgIpc) is 2.97. The topological polar surface area (TPSA) is 88.1 Å². The van der Waals surface area contributed by atoms with Crippen LogP contribution in [0.25, 0.3) is 0 Å². The predicted molar refractivity (Wildman–Crippen MR) is 178 cm³/mol. The van der Waals surface area contributed by atoms with Gasteiger partial charge in [0.2, 0.25) is 0 Å². The number of carbonyl (C=O) groups is 3. The summed E-state index contributed by atoms with van der Waals surface area (Å²) in [6, 6.07) is 0. The quantitative estimate of drug-likeness (QED) is 0.112. The fourth-order valence-electron chi connectivity index (χ4n) is 6.15. The minimum absolute atomic E-state index is 0.0127. The Morgan fingerprint density at radius 2 is 1.09 bits per heavy atom. The summed E-state index contributed by atoms with van der Waals surface area (Å²) in [4.78, 5) is 37.7. The van der Waals surface area contributed by atoms with Gasteiger partial charge < -0.3 is 18.9 Å². The molecule has 43 heavy (non-hydrogen) atoms. The molecule has 4 atom stereocenters. The van der Waals surface area contributed by atoms with Gasteiger partial charge in [0.25, 0.3) is 0 Å². The van der Waals surface area contributed by atoms with E-state index < -0.39 is 11.2 Å². The summed E-state index contributed by atoms with van der Waals surface area (Å²) in [5, 5.41) is 0.0424. The van der Waals surface area contributed by atoms with Gasteiger partial charge >= 0.3 is 11.9 Å². The molecule has 0 spiro atoms. The molecule has 0 amide bonds. The van der Waals surface area contributed by atoms with E-state index in [0.717, 1.165) is 64.2 Å². The van der Waals surface area contributed by atoms with Crippen molar-refractivity contribution in [2.75, 3.05) is 26.4 Å². The Morgan fingerprint density at radius 3 is 1.51 bits per heavy atom. The second kappa shape index (κ2) is 19.0. The molecule has 0 aromatic carbocycles. The summed E-state index contributed by atoms with van der Waals surface area (Å²) in [6.45, 7) is 13.7. The van der Waals surface area contributed by atoms with Crippen molar-refractivity contribution < 1.29 is 33.3 Å². The first kappa shape index (κ1) is 38.4. The van der Waals surface area contributed by atoms with Crippen molar-refractivity contribution in [3.63, 3.8) is 0 Å². The normalized spacial score (nSPS) is 26.9. The molecule has 0 saturated heterocycles. The minimum Gasteiger partial charge on any atom is -0.465 e. The molecule has 0 aromatic heterocycles. The Balaban J connectivity index is 1.69. The molecule has 0 radical (unpaired) electrons. The molecular weight excluding hydrogens is 585 g/mol. The number of rotatable bonds is 19. The highest BCUT2D eigenvalue weighted by molar-refractivity contribution is 7.81. The third-order valence-corrected chi connectivity index (χ3v) is 9.87. The molecule has 2 saturated carbocycles. The number of hydrogen-bond acceptors (Lipinski definition) is 9. The van der Waals surface area contributed by atoms with Gasteiger partial charge in [-0.1, -0.05) is 34.1 Å². The highest BCUT2D eigenvalue weighted by Crippen LogP contribution is 2.33. The van der Waals surface area contributed by atoms with Crippen molar-refractivity contribution in [1.82, 2.24) is 0 Å². The number of esters is 2. The Labute approximate surface area is 272 Å². The van der Waals surface area contributed by atoms with Crippen LogP contribution in [0.4, 0.5) is 0 Å². The van der Waals surface area contributed by atoms with Crippen molar-refractivity contribution >= 4 is 43.0 Å². The second-order valence-corrected chi connectivity index (χ2v) is 15.5. The van der Waals surface area contributed by atoms with Gasteiger partial charge in [0.1, 0.15) is 5.60 Å². The van der Waals surface area contributed by atoms with Crippen molar-refractivity contribution in [3.05, 3.63) is 0 Å². The van der Waals surface area contributed by atoms with Gasteiger partial charge in [-0.15, -0.1) is 0 Å². The highest BCUT2D eigenvalue weighted by atomic mass is 32.1. The van der Waals surface area contributed by atoms with Gasteiger partial charge in [0, 0.05) is 16.9 Å². The lowest BCUT2D eigenvalue weighted by atomic mass is 9.82. The zero-order valence-corrected chi connectivity index (χ0v) is 29.5. The van der Waals surface area contributed by atoms with Crippen LogP contribution in [-0.4, -0.2) is 65.9 Å². The summed E-state index contributed by atoms with van der Waals surface area (Å²) in [5.74, 6) is 1.25. The third-order valence-electron chi connectivity index (χ3n) is 9.50. The molecule has 2 aliphatic carbocycles. The first-order valence-electron chi connectivity index (χ1n) is 16.8. The van der Waals surface area contributed by atoms with Crippen LogP contribution in [-0.2, 0) is 33.3 Å². The van der Waals surface area contributed by atoms with Crippen LogP contribution in [0.5, 0.6) is 0 Å². The molecule has 4 unspecified atom stereocenters. The minimum atomic E-state index is -0.943. The van der Waals surface area contributed by atoms with Crippen molar-refractivity contribution in [3.8, 4) is 0 Å². The zero-order valence-electron chi connectivity index (χ0n) is 27.7. The van der Waals surface area contributed by atoms with Gasteiger partial charge in [0.15, 0.2) is 11.4 Å². The molecule has 2 fully saturated rings. The molecule has 2 rings (SSSR count). The molecule has 0 aromatic rings. The monoisotopic (exact) mass is 644 g/mol. The fourth-order valence-corrected chi connectivity index (χ4v) is 6.46. The largest absolute Gasteiger partial charge is 0.465 e. The van der Waals surface area contributed by atoms with Crippen molar-refractivity contribution in [2.45, 2.75) is 147 Å². The number of ketones is 1. The van der Waals surface area contributed by atoms with E-state index >= 15 is 0 Å². The number of Topliss-reactive ketones (excluding diaryl/α,β-unsaturated/α-hetero) is 1. The van der Waals surface area contributed by atoms with E-state index in [-0.39, 0.29) is 28.2 Å². The van der Waals surface area contributed by atoms with Crippen molar-refractivity contribution in [2.24, 2.45) is 23.7 Å². The Hall–Kier alpha value is -0.770. The van der Waals surface area contributed by atoms with Crippen LogP contribution < -0.4 is 0 Å². The van der Waals surface area contributed by atoms with Crippen molar-refractivity contribution in [1.29, 1.82) is 0 Å². The molecule has 250 valence electrons. The van der Waals surface area contributed by atoms with E-state index in [1.807, 2.05) is 34.6 Å². The fraction of sp³-hybridized carbons (Fsp3) is 0.912. The van der Waals surface area contributed by atoms with E-state index in [4.69, 9.17) is 18.9 Å². The number of ether oxygens (including phenoxy) is 4. The lowest BCUT2D eigenvalue weighted by Gasteiger charge is -2.34. The second-order valence-electron chi connectivity index (χ2n) is 13.8. The summed E-state index contributed by atoms with van der Waals surface area (Å²) in [5.41, 5.74) is -1.68. The lowest BCUT2D eigenvalue weighted by molar-refractivity contribution is -0.175. The summed E-state index contributed by atoms with van der Waals surface area (Å²) in [6.07, 6.45) is 11.0. The molecule has 7 nitrogen and oxygen atoms in total.